The highest BCUT2D eigenvalue weighted by atomic mass is 19.2. The lowest BCUT2D eigenvalue weighted by molar-refractivity contribution is 0.447. The normalized spacial score (nSPS) is 12.6. The van der Waals surface area contributed by atoms with Gasteiger partial charge in [0.1, 0.15) is 0 Å². The van der Waals surface area contributed by atoms with Gasteiger partial charge < -0.3 is 11.1 Å². The highest BCUT2D eigenvalue weighted by Gasteiger charge is 2.11. The first kappa shape index (κ1) is 10.8. The van der Waals surface area contributed by atoms with Gasteiger partial charge in [0.05, 0.1) is 0 Å². The molecule has 0 fully saturated rings. The third-order valence-corrected chi connectivity index (χ3v) is 1.75. The van der Waals surface area contributed by atoms with Crippen LogP contribution in [0.5, 0.6) is 0 Å². The Labute approximate surface area is 79.9 Å². The van der Waals surface area contributed by atoms with E-state index in [0.717, 1.165) is 12.1 Å². The van der Waals surface area contributed by atoms with Crippen molar-refractivity contribution in [3.05, 3.63) is 29.6 Å². The molecule has 0 saturated heterocycles. The number of hydrogen-bond acceptors (Lipinski definition) is 2. The molecule has 0 bridgehead atoms. The fourth-order valence-electron chi connectivity index (χ4n) is 0.982. The number of hydrogen-bond donors (Lipinski definition) is 2. The predicted octanol–water partition coefficient (Wildman–Crippen LogP) is 1.86. The van der Waals surface area contributed by atoms with E-state index in [0.29, 0.717) is 6.54 Å². The number of nitrogens with two attached hydrogens (primary N) is 1. The Morgan fingerprint density at radius 3 is 2.21 bits per heavy atom. The summed E-state index contributed by atoms with van der Waals surface area (Å²) in [5.74, 6) is -3.88. The molecule has 2 nitrogen and oxygen atoms in total. The maximum Gasteiger partial charge on any atom is 0.194 e. The molecule has 1 unspecified atom stereocenters. The lowest BCUT2D eigenvalue weighted by Crippen LogP contribution is -2.25. The minimum atomic E-state index is -1.46. The molecule has 1 aromatic rings. The monoisotopic (exact) mass is 204 g/mol. The first-order valence-corrected chi connectivity index (χ1v) is 4.15. The highest BCUT2D eigenvalue weighted by molar-refractivity contribution is 5.44. The molecule has 0 heterocycles. The summed E-state index contributed by atoms with van der Waals surface area (Å²) in [6.45, 7) is 2.07. The van der Waals surface area contributed by atoms with Crippen LogP contribution < -0.4 is 11.1 Å². The largest absolute Gasteiger partial charge is 0.381 e. The summed E-state index contributed by atoms with van der Waals surface area (Å²) < 4.78 is 37.9. The van der Waals surface area contributed by atoms with Gasteiger partial charge in [-0.1, -0.05) is 0 Å². The fourth-order valence-corrected chi connectivity index (χ4v) is 0.982. The second-order valence-electron chi connectivity index (χ2n) is 3.03. The second kappa shape index (κ2) is 4.32. The van der Waals surface area contributed by atoms with Crippen LogP contribution in [0.3, 0.4) is 0 Å². The molecule has 1 atom stereocenters. The van der Waals surface area contributed by atoms with E-state index in [1.165, 1.54) is 0 Å². The molecule has 5 heteroatoms. The Kier molecular flexibility index (Phi) is 3.35. The molecular formula is C9H11F3N2. The van der Waals surface area contributed by atoms with Crippen LogP contribution in [0, 0.1) is 17.5 Å². The van der Waals surface area contributed by atoms with Crippen LogP contribution in [-0.2, 0) is 0 Å². The summed E-state index contributed by atoms with van der Waals surface area (Å²) in [6, 6.07) is 1.66. The van der Waals surface area contributed by atoms with Gasteiger partial charge in [-0.3, -0.25) is 0 Å². The lowest BCUT2D eigenvalue weighted by atomic mass is 10.2. The van der Waals surface area contributed by atoms with E-state index in [-0.39, 0.29) is 11.7 Å². The maximum absolute atomic E-state index is 12.7. The molecule has 1 aromatic carbocycles. The van der Waals surface area contributed by atoms with E-state index in [2.05, 4.69) is 5.32 Å². The number of benzene rings is 1. The zero-order chi connectivity index (χ0) is 10.7. The summed E-state index contributed by atoms with van der Waals surface area (Å²) in [7, 11) is 0. The van der Waals surface area contributed by atoms with Crippen molar-refractivity contribution in [1.82, 2.24) is 0 Å². The van der Waals surface area contributed by atoms with Crippen LogP contribution in [0.25, 0.3) is 0 Å². The first-order chi connectivity index (χ1) is 6.54. The van der Waals surface area contributed by atoms with Gasteiger partial charge in [0.2, 0.25) is 0 Å². The van der Waals surface area contributed by atoms with Crippen LogP contribution in [0.1, 0.15) is 6.92 Å². The molecule has 0 aromatic heterocycles. The zero-order valence-electron chi connectivity index (χ0n) is 7.65. The number of anilines is 1. The molecule has 0 aliphatic heterocycles. The summed E-state index contributed by atoms with van der Waals surface area (Å²) in [6.07, 6.45) is 0. The molecule has 0 spiro atoms. The average molecular weight is 204 g/mol. The van der Waals surface area contributed by atoms with Gasteiger partial charge in [-0.15, -0.1) is 0 Å². The van der Waals surface area contributed by atoms with E-state index in [1.54, 1.807) is 6.92 Å². The minimum Gasteiger partial charge on any atom is -0.381 e. The molecule has 0 aliphatic rings. The highest BCUT2D eigenvalue weighted by Crippen LogP contribution is 2.17. The van der Waals surface area contributed by atoms with Crippen molar-refractivity contribution in [3.63, 3.8) is 0 Å². The van der Waals surface area contributed by atoms with Gasteiger partial charge in [-0.2, -0.15) is 0 Å². The van der Waals surface area contributed by atoms with Crippen LogP contribution in [0.15, 0.2) is 12.1 Å². The Morgan fingerprint density at radius 1 is 1.29 bits per heavy atom. The Morgan fingerprint density at radius 2 is 1.79 bits per heavy atom. The molecule has 78 valence electrons. The van der Waals surface area contributed by atoms with Crippen molar-refractivity contribution < 1.29 is 13.2 Å². The van der Waals surface area contributed by atoms with Gasteiger partial charge in [0.15, 0.2) is 17.5 Å². The quantitative estimate of drug-likeness (QED) is 0.737. The second-order valence-corrected chi connectivity index (χ2v) is 3.03. The number of halogens is 3. The van der Waals surface area contributed by atoms with Crippen LogP contribution >= 0.6 is 0 Å². The zero-order valence-corrected chi connectivity index (χ0v) is 7.65. The van der Waals surface area contributed by atoms with Crippen molar-refractivity contribution >= 4 is 5.69 Å². The molecule has 1 rings (SSSR count). The molecular weight excluding hydrogens is 193 g/mol. The van der Waals surface area contributed by atoms with Gasteiger partial charge in [-0.25, -0.2) is 13.2 Å². The third kappa shape index (κ3) is 2.38. The standard InChI is InChI=1S/C9H11F3N2/c1-5(4-13)14-6-2-7(10)9(12)8(11)3-6/h2-3,5,14H,4,13H2,1H3. The molecule has 3 N–H and O–H groups in total. The summed E-state index contributed by atoms with van der Waals surface area (Å²) >= 11 is 0. The van der Waals surface area contributed by atoms with Crippen molar-refractivity contribution in [2.24, 2.45) is 5.73 Å². The summed E-state index contributed by atoms with van der Waals surface area (Å²) in [5.41, 5.74) is 5.48. The van der Waals surface area contributed by atoms with Crippen LogP contribution in [0.4, 0.5) is 18.9 Å². The Bertz CT molecular complexity index is 305. The van der Waals surface area contributed by atoms with E-state index in [4.69, 9.17) is 5.73 Å². The first-order valence-electron chi connectivity index (χ1n) is 4.15. The van der Waals surface area contributed by atoms with Gasteiger partial charge in [-0.05, 0) is 6.92 Å². The van der Waals surface area contributed by atoms with Crippen LogP contribution in [0.2, 0.25) is 0 Å². The minimum absolute atomic E-state index is 0.126. The SMILES string of the molecule is CC(CN)Nc1cc(F)c(F)c(F)c1. The van der Waals surface area contributed by atoms with E-state index in [1.807, 2.05) is 0 Å². The van der Waals surface area contributed by atoms with Crippen LogP contribution in [-0.4, -0.2) is 12.6 Å². The molecule has 14 heavy (non-hydrogen) atoms. The Hall–Kier alpha value is -1.23. The average Bonchev–Trinajstić information content (AvgIpc) is 2.14. The molecule has 0 saturated carbocycles. The topological polar surface area (TPSA) is 38.0 Å². The number of nitrogens with one attached hydrogen (secondary N) is 1. The summed E-state index contributed by atoms with van der Waals surface area (Å²) in [4.78, 5) is 0. The predicted molar refractivity (Wildman–Crippen MR) is 48.5 cm³/mol. The van der Waals surface area contributed by atoms with E-state index >= 15 is 0 Å². The fraction of sp³-hybridized carbons (Fsp3) is 0.333. The Balaban J connectivity index is 2.89. The van der Waals surface area contributed by atoms with Crippen molar-refractivity contribution in [2.45, 2.75) is 13.0 Å². The van der Waals surface area contributed by atoms with Crippen molar-refractivity contribution in [2.75, 3.05) is 11.9 Å². The van der Waals surface area contributed by atoms with Gasteiger partial charge >= 0.3 is 0 Å². The maximum atomic E-state index is 12.7. The van der Waals surface area contributed by atoms with E-state index < -0.39 is 17.5 Å². The third-order valence-electron chi connectivity index (χ3n) is 1.75. The lowest BCUT2D eigenvalue weighted by Gasteiger charge is -2.12. The van der Waals surface area contributed by atoms with Crippen molar-refractivity contribution in [1.29, 1.82) is 0 Å². The molecule has 0 radical (unpaired) electrons. The van der Waals surface area contributed by atoms with Gasteiger partial charge in [0, 0.05) is 30.4 Å². The summed E-state index contributed by atoms with van der Waals surface area (Å²) in [5, 5.41) is 2.73. The smallest absolute Gasteiger partial charge is 0.194 e. The van der Waals surface area contributed by atoms with Crippen molar-refractivity contribution in [3.8, 4) is 0 Å². The van der Waals surface area contributed by atoms with E-state index in [9.17, 15) is 13.2 Å². The molecule has 0 amide bonds. The molecule has 0 aliphatic carbocycles. The van der Waals surface area contributed by atoms with Gasteiger partial charge in [0.25, 0.3) is 0 Å². The number of rotatable bonds is 3.